The number of carboxylic acids is 1. The van der Waals surface area contributed by atoms with Gasteiger partial charge in [-0.15, -0.1) is 10.2 Å². The van der Waals surface area contributed by atoms with Crippen molar-refractivity contribution in [2.24, 2.45) is 0 Å². The minimum absolute atomic E-state index is 0.0324. The topological polar surface area (TPSA) is 81.2 Å². The van der Waals surface area contributed by atoms with Crippen LogP contribution in [0.5, 0.6) is 0 Å². The van der Waals surface area contributed by atoms with Crippen LogP contribution in [0.15, 0.2) is 21.7 Å². The van der Waals surface area contributed by atoms with E-state index >= 15 is 0 Å². The average molecular weight is 267 g/mol. The summed E-state index contributed by atoms with van der Waals surface area (Å²) in [6.45, 7) is 4.21. The molecule has 0 saturated heterocycles. The molecule has 2 rings (SSSR count). The monoisotopic (exact) mass is 267 g/mol. The van der Waals surface area contributed by atoms with Crippen molar-refractivity contribution in [1.29, 1.82) is 0 Å². The summed E-state index contributed by atoms with van der Waals surface area (Å²) in [4.78, 5) is 10.6. The zero-order valence-corrected chi connectivity index (χ0v) is 10.9. The molecule has 18 heavy (non-hydrogen) atoms. The van der Waals surface area contributed by atoms with Crippen molar-refractivity contribution in [1.82, 2.24) is 14.8 Å². The van der Waals surface area contributed by atoms with Gasteiger partial charge in [0.1, 0.15) is 17.3 Å². The molecule has 1 N–H and O–H groups in total. The SMILES string of the molecule is Cc1ccc(Cn2c(C)nnc2SCC(=O)O)o1. The zero-order chi connectivity index (χ0) is 13.1. The Morgan fingerprint density at radius 1 is 1.44 bits per heavy atom. The second kappa shape index (κ2) is 5.26. The number of hydrogen-bond acceptors (Lipinski definition) is 5. The minimum atomic E-state index is -0.874. The first-order chi connectivity index (χ1) is 8.56. The average Bonchev–Trinajstić information content (AvgIpc) is 2.85. The molecule has 0 aromatic carbocycles. The number of aromatic nitrogens is 3. The van der Waals surface area contributed by atoms with E-state index in [4.69, 9.17) is 9.52 Å². The van der Waals surface area contributed by atoms with E-state index in [0.29, 0.717) is 11.7 Å². The van der Waals surface area contributed by atoms with Gasteiger partial charge in [-0.2, -0.15) is 0 Å². The number of rotatable bonds is 5. The molecule has 0 spiro atoms. The van der Waals surface area contributed by atoms with Gasteiger partial charge >= 0.3 is 5.97 Å². The van der Waals surface area contributed by atoms with Gasteiger partial charge in [0, 0.05) is 0 Å². The van der Waals surface area contributed by atoms with Gasteiger partial charge in [-0.3, -0.25) is 9.36 Å². The summed E-state index contributed by atoms with van der Waals surface area (Å²) in [5, 5.41) is 17.2. The Bertz CT molecular complexity index is 562. The molecule has 0 amide bonds. The second-order valence-electron chi connectivity index (χ2n) is 3.81. The molecule has 2 heterocycles. The molecule has 0 aliphatic rings. The molecule has 0 fully saturated rings. The number of aryl methyl sites for hydroxylation is 2. The molecule has 96 valence electrons. The fourth-order valence-corrected chi connectivity index (χ4v) is 2.21. The first kappa shape index (κ1) is 12.7. The molecule has 7 heteroatoms. The highest BCUT2D eigenvalue weighted by Gasteiger charge is 2.12. The van der Waals surface area contributed by atoms with Crippen LogP contribution >= 0.6 is 11.8 Å². The molecule has 0 aliphatic heterocycles. The molecule has 2 aromatic heterocycles. The molecule has 0 saturated carbocycles. The van der Waals surface area contributed by atoms with Crippen LogP contribution in [0.25, 0.3) is 0 Å². The van der Waals surface area contributed by atoms with Crippen molar-refractivity contribution in [2.45, 2.75) is 25.5 Å². The van der Waals surface area contributed by atoms with E-state index < -0.39 is 5.97 Å². The number of carboxylic acid groups (broad SMARTS) is 1. The minimum Gasteiger partial charge on any atom is -0.481 e. The molecular formula is C11H13N3O3S. The molecule has 0 bridgehead atoms. The van der Waals surface area contributed by atoms with Crippen LogP contribution in [0.2, 0.25) is 0 Å². The predicted molar refractivity (Wildman–Crippen MR) is 65.7 cm³/mol. The quantitative estimate of drug-likeness (QED) is 0.831. The highest BCUT2D eigenvalue weighted by atomic mass is 32.2. The highest BCUT2D eigenvalue weighted by Crippen LogP contribution is 2.19. The van der Waals surface area contributed by atoms with Gasteiger partial charge in [0.2, 0.25) is 0 Å². The third-order valence-electron chi connectivity index (χ3n) is 2.34. The summed E-state index contributed by atoms with van der Waals surface area (Å²) in [7, 11) is 0. The number of thioether (sulfide) groups is 1. The number of nitrogens with zero attached hydrogens (tertiary/aromatic N) is 3. The Balaban J connectivity index is 2.16. The van der Waals surface area contributed by atoms with Crippen LogP contribution in [0, 0.1) is 13.8 Å². The fourth-order valence-electron chi connectivity index (χ4n) is 1.50. The highest BCUT2D eigenvalue weighted by molar-refractivity contribution is 7.99. The normalized spacial score (nSPS) is 10.8. The lowest BCUT2D eigenvalue weighted by atomic mass is 10.4. The van der Waals surface area contributed by atoms with E-state index in [9.17, 15) is 4.79 Å². The Morgan fingerprint density at radius 2 is 2.22 bits per heavy atom. The summed E-state index contributed by atoms with van der Waals surface area (Å²) in [6.07, 6.45) is 0. The number of carbonyl (C=O) groups is 1. The third-order valence-corrected chi connectivity index (χ3v) is 3.29. The standard InChI is InChI=1S/C11H13N3O3S/c1-7-3-4-9(17-7)5-14-8(2)12-13-11(14)18-6-10(15)16/h3-4H,5-6H2,1-2H3,(H,15,16). The lowest BCUT2D eigenvalue weighted by Gasteiger charge is -2.05. The van der Waals surface area contributed by atoms with Crippen molar-refractivity contribution in [3.8, 4) is 0 Å². The maximum absolute atomic E-state index is 10.6. The number of hydrogen-bond donors (Lipinski definition) is 1. The molecule has 0 radical (unpaired) electrons. The van der Waals surface area contributed by atoms with Crippen LogP contribution in [0.1, 0.15) is 17.3 Å². The van der Waals surface area contributed by atoms with E-state index in [2.05, 4.69) is 10.2 Å². The summed E-state index contributed by atoms with van der Waals surface area (Å²) in [5.74, 6) is 1.47. The van der Waals surface area contributed by atoms with Crippen molar-refractivity contribution in [3.05, 3.63) is 29.5 Å². The Hall–Kier alpha value is -1.76. The lowest BCUT2D eigenvalue weighted by Crippen LogP contribution is -2.05. The largest absolute Gasteiger partial charge is 0.481 e. The lowest BCUT2D eigenvalue weighted by molar-refractivity contribution is -0.133. The van der Waals surface area contributed by atoms with Crippen LogP contribution in [0.4, 0.5) is 0 Å². The van der Waals surface area contributed by atoms with E-state index in [1.807, 2.05) is 30.5 Å². The summed E-state index contributed by atoms with van der Waals surface area (Å²) in [6, 6.07) is 3.78. The van der Waals surface area contributed by atoms with Crippen LogP contribution in [0.3, 0.4) is 0 Å². The van der Waals surface area contributed by atoms with E-state index in [-0.39, 0.29) is 5.75 Å². The smallest absolute Gasteiger partial charge is 0.313 e. The maximum atomic E-state index is 10.6. The van der Waals surface area contributed by atoms with Gasteiger partial charge < -0.3 is 9.52 Å². The molecule has 0 atom stereocenters. The third kappa shape index (κ3) is 2.92. The predicted octanol–water partition coefficient (Wildman–Crippen LogP) is 1.71. The van der Waals surface area contributed by atoms with Crippen LogP contribution in [-0.4, -0.2) is 31.6 Å². The van der Waals surface area contributed by atoms with Crippen molar-refractivity contribution >= 4 is 17.7 Å². The first-order valence-corrected chi connectivity index (χ1v) is 6.34. The van der Waals surface area contributed by atoms with Gasteiger partial charge in [-0.1, -0.05) is 11.8 Å². The van der Waals surface area contributed by atoms with Crippen LogP contribution < -0.4 is 0 Å². The van der Waals surface area contributed by atoms with E-state index in [1.54, 1.807) is 0 Å². The van der Waals surface area contributed by atoms with E-state index in [0.717, 1.165) is 29.1 Å². The van der Waals surface area contributed by atoms with Gasteiger partial charge in [0.15, 0.2) is 5.16 Å². The van der Waals surface area contributed by atoms with Gasteiger partial charge in [-0.05, 0) is 26.0 Å². The van der Waals surface area contributed by atoms with Gasteiger partial charge in [0.05, 0.1) is 12.3 Å². The molecule has 0 unspecified atom stereocenters. The number of aliphatic carboxylic acids is 1. The summed E-state index contributed by atoms with van der Waals surface area (Å²) in [5.41, 5.74) is 0. The maximum Gasteiger partial charge on any atom is 0.313 e. The summed E-state index contributed by atoms with van der Waals surface area (Å²) >= 11 is 1.15. The summed E-state index contributed by atoms with van der Waals surface area (Å²) < 4.78 is 7.33. The molecule has 2 aromatic rings. The molecular weight excluding hydrogens is 254 g/mol. The zero-order valence-electron chi connectivity index (χ0n) is 10.1. The molecule has 0 aliphatic carbocycles. The second-order valence-corrected chi connectivity index (χ2v) is 4.75. The first-order valence-electron chi connectivity index (χ1n) is 5.36. The van der Waals surface area contributed by atoms with Crippen molar-refractivity contribution in [2.75, 3.05) is 5.75 Å². The Labute approximate surface area is 108 Å². The Morgan fingerprint density at radius 3 is 2.83 bits per heavy atom. The number of furan rings is 1. The van der Waals surface area contributed by atoms with Crippen molar-refractivity contribution < 1.29 is 14.3 Å². The van der Waals surface area contributed by atoms with Crippen LogP contribution in [-0.2, 0) is 11.3 Å². The van der Waals surface area contributed by atoms with Gasteiger partial charge in [0.25, 0.3) is 0 Å². The molecule has 6 nitrogen and oxygen atoms in total. The Kier molecular flexibility index (Phi) is 3.71. The van der Waals surface area contributed by atoms with Gasteiger partial charge in [-0.25, -0.2) is 0 Å². The fraction of sp³-hybridized carbons (Fsp3) is 0.364. The van der Waals surface area contributed by atoms with Crippen molar-refractivity contribution in [3.63, 3.8) is 0 Å². The van der Waals surface area contributed by atoms with E-state index in [1.165, 1.54) is 0 Å².